The van der Waals surface area contributed by atoms with E-state index in [9.17, 15) is 4.79 Å². The van der Waals surface area contributed by atoms with E-state index in [4.69, 9.17) is 4.98 Å². The molecule has 2 heterocycles. The van der Waals surface area contributed by atoms with Crippen LogP contribution in [0.4, 0.5) is 0 Å². The Morgan fingerprint density at radius 3 is 2.59 bits per heavy atom. The molecule has 4 heteroatoms. The molecule has 0 radical (unpaired) electrons. The first-order chi connectivity index (χ1) is 13.2. The predicted molar refractivity (Wildman–Crippen MR) is 110 cm³/mol. The molecule has 3 aromatic rings. The Kier molecular flexibility index (Phi) is 3.94. The van der Waals surface area contributed by atoms with Crippen LogP contribution in [0.2, 0.25) is 0 Å². The lowest BCUT2D eigenvalue weighted by atomic mass is 9.75. The van der Waals surface area contributed by atoms with Crippen molar-refractivity contribution in [1.29, 1.82) is 0 Å². The summed E-state index contributed by atoms with van der Waals surface area (Å²) in [4.78, 5) is 17.8. The number of dihydropyridines is 1. The minimum absolute atomic E-state index is 0.0455. The number of ketones is 1. The Hall–Kier alpha value is -2.72. The van der Waals surface area contributed by atoms with Crippen molar-refractivity contribution in [3.05, 3.63) is 82.1 Å². The van der Waals surface area contributed by atoms with Crippen molar-refractivity contribution in [2.75, 3.05) is 0 Å². The average Bonchev–Trinajstić information content (AvgIpc) is 3.11. The molecule has 2 aromatic carbocycles. The molecule has 3 nitrogen and oxygen atoms in total. The first kappa shape index (κ1) is 16.5. The lowest BCUT2D eigenvalue weighted by Gasteiger charge is -2.34. The summed E-state index contributed by atoms with van der Waals surface area (Å²) in [5.74, 6) is 0.222. The van der Waals surface area contributed by atoms with Gasteiger partial charge in [-0.25, -0.2) is 4.98 Å². The smallest absolute Gasteiger partial charge is 0.161 e. The fraction of sp³-hybridized carbons (Fsp3) is 0.217. The summed E-state index contributed by atoms with van der Waals surface area (Å²) in [5, 5.41) is 4.55. The van der Waals surface area contributed by atoms with E-state index in [0.29, 0.717) is 6.42 Å². The zero-order valence-corrected chi connectivity index (χ0v) is 16.0. The van der Waals surface area contributed by atoms with Gasteiger partial charge in [-0.2, -0.15) is 0 Å². The molecule has 0 amide bonds. The molecule has 0 fully saturated rings. The second-order valence-electron chi connectivity index (χ2n) is 7.16. The third-order valence-corrected chi connectivity index (χ3v) is 6.50. The fourth-order valence-corrected chi connectivity index (χ4v) is 5.33. The topological polar surface area (TPSA) is 42.0 Å². The Bertz CT molecular complexity index is 1070. The molecule has 1 aliphatic heterocycles. The molecule has 1 N–H and O–H groups in total. The first-order valence-corrected chi connectivity index (χ1v) is 10.2. The number of Topliss-reactive ketones (excluding diaryl/α,β-unsaturated/α-hetero) is 1. The number of rotatable bonds is 2. The number of hydrogen-bond acceptors (Lipinski definition) is 4. The summed E-state index contributed by atoms with van der Waals surface area (Å²) in [7, 11) is 0. The van der Waals surface area contributed by atoms with E-state index in [1.807, 2.05) is 18.2 Å². The van der Waals surface area contributed by atoms with E-state index in [1.54, 1.807) is 11.3 Å². The third kappa shape index (κ3) is 2.72. The van der Waals surface area contributed by atoms with Crippen LogP contribution in [0.5, 0.6) is 0 Å². The fourth-order valence-electron chi connectivity index (χ4n) is 4.23. The van der Waals surface area contributed by atoms with Crippen LogP contribution in [0.3, 0.4) is 0 Å². The number of fused-ring (bicyclic) bond motifs is 1. The maximum atomic E-state index is 12.9. The lowest BCUT2D eigenvalue weighted by molar-refractivity contribution is -0.116. The normalized spacial score (nSPS) is 20.0. The lowest BCUT2D eigenvalue weighted by Crippen LogP contribution is -2.31. The summed E-state index contributed by atoms with van der Waals surface area (Å²) in [5.41, 5.74) is 6.46. The van der Waals surface area contributed by atoms with Crippen LogP contribution in [0.1, 0.15) is 42.7 Å². The Morgan fingerprint density at radius 1 is 1.00 bits per heavy atom. The number of carbonyl (C=O) groups is 1. The van der Waals surface area contributed by atoms with E-state index in [2.05, 4.69) is 48.6 Å². The summed E-state index contributed by atoms with van der Waals surface area (Å²) < 4.78 is 1.18. The van der Waals surface area contributed by atoms with Crippen molar-refractivity contribution >= 4 is 32.9 Å². The standard InChI is InChI=1S/C23H20N2OS/c1-14-20(23-25-16-10-5-6-13-19(16)27-23)21(15-8-3-2-4-9-15)22-17(24-14)11-7-12-18(22)26/h2-6,8-10,13,21,24H,7,11-12H2,1H3. The molecule has 134 valence electrons. The second-order valence-corrected chi connectivity index (χ2v) is 8.19. The van der Waals surface area contributed by atoms with Crippen LogP contribution in [-0.4, -0.2) is 10.8 Å². The van der Waals surface area contributed by atoms with Crippen LogP contribution >= 0.6 is 11.3 Å². The van der Waals surface area contributed by atoms with E-state index < -0.39 is 0 Å². The molecule has 5 rings (SSSR count). The summed E-state index contributed by atoms with van der Waals surface area (Å²) in [6, 6.07) is 18.6. The van der Waals surface area contributed by atoms with Gasteiger partial charge in [-0.1, -0.05) is 42.5 Å². The zero-order valence-electron chi connectivity index (χ0n) is 15.2. The number of para-hydroxylation sites is 1. The highest BCUT2D eigenvalue weighted by Gasteiger charge is 2.37. The molecule has 0 saturated carbocycles. The summed E-state index contributed by atoms with van der Waals surface area (Å²) in [6.45, 7) is 2.11. The third-order valence-electron chi connectivity index (χ3n) is 5.43. The van der Waals surface area contributed by atoms with Gasteiger partial charge in [-0.3, -0.25) is 4.79 Å². The maximum Gasteiger partial charge on any atom is 0.161 e. The SMILES string of the molecule is CC1=C(c2nc3ccccc3s2)C(c2ccccc2)C2=C(CCCC2=O)N1. The molecule has 0 bridgehead atoms. The number of benzene rings is 2. The van der Waals surface area contributed by atoms with Crippen molar-refractivity contribution in [2.24, 2.45) is 0 Å². The molecule has 2 aliphatic rings. The second kappa shape index (κ2) is 6.46. The highest BCUT2D eigenvalue weighted by molar-refractivity contribution is 7.19. The number of nitrogens with zero attached hydrogens (tertiary/aromatic N) is 1. The van der Waals surface area contributed by atoms with Gasteiger partial charge < -0.3 is 5.32 Å². The van der Waals surface area contributed by atoms with Crippen molar-refractivity contribution < 1.29 is 4.79 Å². The van der Waals surface area contributed by atoms with E-state index >= 15 is 0 Å². The first-order valence-electron chi connectivity index (χ1n) is 9.37. The van der Waals surface area contributed by atoms with Crippen molar-refractivity contribution in [2.45, 2.75) is 32.1 Å². The van der Waals surface area contributed by atoms with Gasteiger partial charge in [0.2, 0.25) is 0 Å². The molecule has 1 unspecified atom stereocenters. The van der Waals surface area contributed by atoms with E-state index in [0.717, 1.165) is 51.5 Å². The van der Waals surface area contributed by atoms with Crippen LogP contribution in [0.25, 0.3) is 15.8 Å². The van der Waals surface area contributed by atoms with Crippen LogP contribution in [-0.2, 0) is 4.79 Å². The maximum absolute atomic E-state index is 12.9. The van der Waals surface area contributed by atoms with Crippen molar-refractivity contribution in [1.82, 2.24) is 10.3 Å². The zero-order chi connectivity index (χ0) is 18.4. The number of thiazole rings is 1. The number of nitrogens with one attached hydrogen (secondary N) is 1. The van der Waals surface area contributed by atoms with Crippen LogP contribution < -0.4 is 5.32 Å². The quantitative estimate of drug-likeness (QED) is 0.653. The highest BCUT2D eigenvalue weighted by Crippen LogP contribution is 2.47. The Morgan fingerprint density at radius 2 is 1.78 bits per heavy atom. The molecule has 1 aromatic heterocycles. The summed E-state index contributed by atoms with van der Waals surface area (Å²) in [6.07, 6.45) is 2.50. The van der Waals surface area contributed by atoms with Gasteiger partial charge in [-0.05, 0) is 37.5 Å². The number of aromatic nitrogens is 1. The van der Waals surface area contributed by atoms with Gasteiger partial charge >= 0.3 is 0 Å². The van der Waals surface area contributed by atoms with Gasteiger partial charge in [0, 0.05) is 34.9 Å². The molecule has 1 atom stereocenters. The van der Waals surface area contributed by atoms with Crippen LogP contribution in [0, 0.1) is 0 Å². The molecule has 0 saturated heterocycles. The number of hydrogen-bond donors (Lipinski definition) is 1. The Labute approximate surface area is 162 Å². The van der Waals surface area contributed by atoms with Gasteiger partial charge in [0.1, 0.15) is 5.01 Å². The van der Waals surface area contributed by atoms with E-state index in [1.165, 1.54) is 4.70 Å². The predicted octanol–water partition coefficient (Wildman–Crippen LogP) is 5.42. The molecule has 27 heavy (non-hydrogen) atoms. The van der Waals surface area contributed by atoms with Crippen molar-refractivity contribution in [3.63, 3.8) is 0 Å². The van der Waals surface area contributed by atoms with Crippen LogP contribution in [0.15, 0.2) is 71.6 Å². The minimum Gasteiger partial charge on any atom is -0.362 e. The van der Waals surface area contributed by atoms with Gasteiger partial charge in [0.05, 0.1) is 10.2 Å². The summed E-state index contributed by atoms with van der Waals surface area (Å²) >= 11 is 1.70. The largest absolute Gasteiger partial charge is 0.362 e. The molecule has 1 aliphatic carbocycles. The van der Waals surface area contributed by atoms with Gasteiger partial charge in [0.15, 0.2) is 5.78 Å². The molecular weight excluding hydrogens is 352 g/mol. The van der Waals surface area contributed by atoms with Gasteiger partial charge in [-0.15, -0.1) is 11.3 Å². The van der Waals surface area contributed by atoms with Crippen molar-refractivity contribution in [3.8, 4) is 0 Å². The van der Waals surface area contributed by atoms with E-state index in [-0.39, 0.29) is 11.7 Å². The average molecular weight is 372 g/mol. The number of allylic oxidation sites excluding steroid dienone is 4. The number of carbonyl (C=O) groups excluding carboxylic acids is 1. The minimum atomic E-state index is -0.0455. The molecule has 0 spiro atoms. The Balaban J connectivity index is 1.73. The monoisotopic (exact) mass is 372 g/mol. The highest BCUT2D eigenvalue weighted by atomic mass is 32.1. The van der Waals surface area contributed by atoms with Gasteiger partial charge in [0.25, 0.3) is 0 Å². The molecular formula is C23H20N2OS.